The van der Waals surface area contributed by atoms with E-state index >= 15 is 0 Å². The van der Waals surface area contributed by atoms with Gasteiger partial charge < -0.3 is 33.8 Å². The molecular formula is C76H148O17P2. The van der Waals surface area contributed by atoms with Gasteiger partial charge in [0, 0.05) is 25.7 Å². The number of unbranched alkanes of at least 4 members (excludes halogenated alkanes) is 44. The smallest absolute Gasteiger partial charge is 0.462 e. The predicted octanol–water partition coefficient (Wildman–Crippen LogP) is 22.3. The molecule has 0 fully saturated rings. The maximum Gasteiger partial charge on any atom is 0.472 e. The van der Waals surface area contributed by atoms with Gasteiger partial charge >= 0.3 is 39.5 Å². The molecule has 0 aliphatic heterocycles. The topological polar surface area (TPSA) is 237 Å². The van der Waals surface area contributed by atoms with E-state index in [9.17, 15) is 43.2 Å². The van der Waals surface area contributed by atoms with Crippen LogP contribution in [-0.2, 0) is 65.4 Å². The Morgan fingerprint density at radius 3 is 0.800 bits per heavy atom. The number of carbonyl (C=O) groups is 4. The fraction of sp³-hybridized carbons (Fsp3) is 0.947. The van der Waals surface area contributed by atoms with Crippen LogP contribution in [0.4, 0.5) is 0 Å². The average Bonchev–Trinajstić information content (AvgIpc) is 1.78. The zero-order chi connectivity index (χ0) is 70.0. The summed E-state index contributed by atoms with van der Waals surface area (Å²) < 4.78 is 68.3. The molecule has 0 aromatic rings. The number of rotatable bonds is 75. The van der Waals surface area contributed by atoms with Crippen molar-refractivity contribution in [1.29, 1.82) is 0 Å². The van der Waals surface area contributed by atoms with Crippen LogP contribution in [0.2, 0.25) is 0 Å². The summed E-state index contributed by atoms with van der Waals surface area (Å²) >= 11 is 0. The highest BCUT2D eigenvalue weighted by Crippen LogP contribution is 2.45. The molecule has 95 heavy (non-hydrogen) atoms. The number of aliphatic hydroxyl groups excluding tert-OH is 1. The van der Waals surface area contributed by atoms with Crippen molar-refractivity contribution in [2.24, 2.45) is 11.8 Å². The number of hydrogen-bond acceptors (Lipinski definition) is 15. The van der Waals surface area contributed by atoms with Gasteiger partial charge in [-0.3, -0.25) is 37.3 Å². The minimum absolute atomic E-state index is 0.107. The molecule has 0 saturated carbocycles. The Morgan fingerprint density at radius 2 is 0.537 bits per heavy atom. The summed E-state index contributed by atoms with van der Waals surface area (Å²) in [6, 6.07) is 0. The summed E-state index contributed by atoms with van der Waals surface area (Å²) in [5.41, 5.74) is 0. The van der Waals surface area contributed by atoms with Crippen LogP contribution < -0.4 is 0 Å². The molecule has 3 N–H and O–H groups in total. The Hall–Kier alpha value is -1.94. The molecule has 0 amide bonds. The van der Waals surface area contributed by atoms with Gasteiger partial charge in [-0.15, -0.1) is 0 Å². The Labute approximate surface area is 581 Å². The second-order valence-electron chi connectivity index (χ2n) is 28.1. The number of esters is 4. The van der Waals surface area contributed by atoms with Crippen molar-refractivity contribution < 1.29 is 80.2 Å². The van der Waals surface area contributed by atoms with E-state index in [4.69, 9.17) is 37.0 Å². The van der Waals surface area contributed by atoms with E-state index in [1.54, 1.807) is 0 Å². The zero-order valence-corrected chi connectivity index (χ0v) is 63.8. The van der Waals surface area contributed by atoms with E-state index in [1.807, 2.05) is 0 Å². The van der Waals surface area contributed by atoms with Crippen molar-refractivity contribution in [3.63, 3.8) is 0 Å². The molecule has 0 aliphatic carbocycles. The first-order valence-corrected chi connectivity index (χ1v) is 42.5. The zero-order valence-electron chi connectivity index (χ0n) is 62.0. The molecule has 3 unspecified atom stereocenters. The van der Waals surface area contributed by atoms with Crippen LogP contribution in [0.3, 0.4) is 0 Å². The minimum Gasteiger partial charge on any atom is -0.462 e. The van der Waals surface area contributed by atoms with Crippen molar-refractivity contribution in [3.8, 4) is 0 Å². The fourth-order valence-corrected chi connectivity index (χ4v) is 13.2. The summed E-state index contributed by atoms with van der Waals surface area (Å²) in [6.07, 6.45) is 55.8. The number of phosphoric ester groups is 2. The lowest BCUT2D eigenvalue weighted by Crippen LogP contribution is -2.30. The Balaban J connectivity index is 5.14. The van der Waals surface area contributed by atoms with Gasteiger partial charge in [-0.1, -0.05) is 343 Å². The van der Waals surface area contributed by atoms with Crippen molar-refractivity contribution in [2.75, 3.05) is 39.6 Å². The molecule has 0 aromatic heterocycles. The average molecular weight is 1400 g/mol. The van der Waals surface area contributed by atoms with Gasteiger partial charge in [0.2, 0.25) is 0 Å². The number of ether oxygens (including phenoxy) is 4. The van der Waals surface area contributed by atoms with Gasteiger partial charge in [0.05, 0.1) is 26.4 Å². The van der Waals surface area contributed by atoms with Crippen LogP contribution in [0.15, 0.2) is 0 Å². The van der Waals surface area contributed by atoms with E-state index in [0.717, 1.165) is 108 Å². The number of phosphoric acid groups is 2. The summed E-state index contributed by atoms with van der Waals surface area (Å²) in [6.45, 7) is 9.60. The largest absolute Gasteiger partial charge is 0.472 e. The molecule has 0 heterocycles. The van der Waals surface area contributed by atoms with Crippen molar-refractivity contribution in [3.05, 3.63) is 0 Å². The van der Waals surface area contributed by atoms with Crippen LogP contribution in [0, 0.1) is 11.8 Å². The van der Waals surface area contributed by atoms with E-state index in [1.165, 1.54) is 205 Å². The molecule has 0 radical (unpaired) electrons. The van der Waals surface area contributed by atoms with Gasteiger partial charge in [0.1, 0.15) is 19.3 Å². The van der Waals surface area contributed by atoms with Crippen LogP contribution in [-0.4, -0.2) is 96.7 Å². The lowest BCUT2D eigenvalue weighted by molar-refractivity contribution is -0.161. The first-order chi connectivity index (χ1) is 45.9. The first-order valence-electron chi connectivity index (χ1n) is 39.5. The highest BCUT2D eigenvalue weighted by Gasteiger charge is 2.30. The van der Waals surface area contributed by atoms with E-state index in [2.05, 4.69) is 41.5 Å². The van der Waals surface area contributed by atoms with Crippen molar-refractivity contribution in [1.82, 2.24) is 0 Å². The van der Waals surface area contributed by atoms with E-state index in [-0.39, 0.29) is 25.7 Å². The molecule has 6 atom stereocenters. The van der Waals surface area contributed by atoms with Crippen LogP contribution in [0.1, 0.15) is 395 Å². The minimum atomic E-state index is -4.96. The lowest BCUT2D eigenvalue weighted by atomic mass is 9.99. The summed E-state index contributed by atoms with van der Waals surface area (Å²) in [4.78, 5) is 72.5. The van der Waals surface area contributed by atoms with E-state index < -0.39 is 97.5 Å². The first kappa shape index (κ1) is 93.1. The molecule has 0 saturated heterocycles. The van der Waals surface area contributed by atoms with Gasteiger partial charge in [-0.2, -0.15) is 0 Å². The molecule has 0 rings (SSSR count). The van der Waals surface area contributed by atoms with E-state index in [0.29, 0.717) is 25.7 Å². The molecule has 0 aromatic carbocycles. The van der Waals surface area contributed by atoms with Crippen LogP contribution in [0.25, 0.3) is 0 Å². The van der Waals surface area contributed by atoms with Gasteiger partial charge in [-0.05, 0) is 37.5 Å². The molecule has 0 spiro atoms. The fourth-order valence-electron chi connectivity index (χ4n) is 11.6. The molecule has 0 aliphatic rings. The monoisotopic (exact) mass is 1400 g/mol. The lowest BCUT2D eigenvalue weighted by Gasteiger charge is -2.21. The number of hydrogen-bond donors (Lipinski definition) is 3. The molecule has 0 bridgehead atoms. The molecular weight excluding hydrogens is 1250 g/mol. The summed E-state index contributed by atoms with van der Waals surface area (Å²) in [5.74, 6) is -0.466. The highest BCUT2D eigenvalue weighted by molar-refractivity contribution is 7.47. The number of aliphatic hydroxyl groups is 1. The van der Waals surface area contributed by atoms with Gasteiger partial charge in [0.15, 0.2) is 12.2 Å². The number of carbonyl (C=O) groups excluding carboxylic acids is 4. The van der Waals surface area contributed by atoms with Crippen LogP contribution >= 0.6 is 15.6 Å². The highest BCUT2D eigenvalue weighted by atomic mass is 31.2. The Morgan fingerprint density at radius 1 is 0.305 bits per heavy atom. The predicted molar refractivity (Wildman–Crippen MR) is 386 cm³/mol. The SMILES string of the molecule is CCCCCCCCCCCCCCCC(=O)O[C@H](COC(=O)CCCCCCC)COP(=O)(O)OC[C@H](O)COP(=O)(O)OC[C@@H](COC(=O)CCCCCCCCCCCCCCCCC(C)CC)OC(=O)CCCCCCCCCCCCCCCCCCC(C)C. The van der Waals surface area contributed by atoms with Crippen LogP contribution in [0.5, 0.6) is 0 Å². The summed E-state index contributed by atoms with van der Waals surface area (Å²) in [5, 5.41) is 10.6. The van der Waals surface area contributed by atoms with Gasteiger partial charge in [-0.25, -0.2) is 9.13 Å². The second-order valence-corrected chi connectivity index (χ2v) is 31.0. The van der Waals surface area contributed by atoms with Crippen molar-refractivity contribution in [2.45, 2.75) is 413 Å². The summed E-state index contributed by atoms with van der Waals surface area (Å²) in [7, 11) is -9.90. The second kappa shape index (κ2) is 67.9. The van der Waals surface area contributed by atoms with Gasteiger partial charge in [0.25, 0.3) is 0 Å². The molecule has 19 heteroatoms. The van der Waals surface area contributed by atoms with Crippen molar-refractivity contribution >= 4 is 39.5 Å². The third kappa shape index (κ3) is 69.0. The quantitative estimate of drug-likeness (QED) is 0.0222. The third-order valence-electron chi connectivity index (χ3n) is 18.1. The third-order valence-corrected chi connectivity index (χ3v) is 20.0. The Kier molecular flexibility index (Phi) is 66.5. The maximum absolute atomic E-state index is 13.1. The maximum atomic E-state index is 13.1. The normalized spacial score (nSPS) is 14.3. The molecule has 564 valence electrons. The molecule has 17 nitrogen and oxygen atoms in total. The standard InChI is InChI=1S/C76H148O17P2/c1-7-10-12-14-15-16-17-24-32-37-42-48-54-60-75(80)92-71(64-86-73(78)58-52-44-13-11-8-2)66-90-94(82,83)88-62-70(77)63-89-95(84,85)91-67-72(65-87-74(79)59-53-47-41-36-31-27-23-22-26-30-35-40-46-51-57-69(6)9-3)93-76(81)61-55-49-43-38-33-28-21-19-18-20-25-29-34-39-45-50-56-68(4)5/h68-72,77H,7-67H2,1-6H3,(H,82,83)(H,84,85)/t69?,70-,71+,72+/m0/s1. The Bertz CT molecular complexity index is 1840.